The summed E-state index contributed by atoms with van der Waals surface area (Å²) in [6.07, 6.45) is 1.81. The van der Waals surface area contributed by atoms with Gasteiger partial charge in [-0.1, -0.05) is 58.6 Å². The Bertz CT molecular complexity index is 950. The van der Waals surface area contributed by atoms with E-state index in [1.165, 1.54) is 13.2 Å². The van der Waals surface area contributed by atoms with Gasteiger partial charge in [-0.25, -0.2) is 4.79 Å². The van der Waals surface area contributed by atoms with Gasteiger partial charge < -0.3 is 40.2 Å². The number of esters is 1. The summed E-state index contributed by atoms with van der Waals surface area (Å²) < 4.78 is 15.8. The first-order valence-electron chi connectivity index (χ1n) is 16.2. The first-order valence-corrected chi connectivity index (χ1v) is 16.2. The molecule has 0 spiro atoms. The third kappa shape index (κ3) is 17.1. The van der Waals surface area contributed by atoms with Crippen molar-refractivity contribution >= 4 is 23.8 Å². The lowest BCUT2D eigenvalue weighted by Gasteiger charge is -2.28. The molecule has 0 aromatic heterocycles. The van der Waals surface area contributed by atoms with Crippen LogP contribution in [0.3, 0.4) is 0 Å². The predicted molar refractivity (Wildman–Crippen MR) is 169 cm³/mol. The molecule has 0 unspecified atom stereocenters. The molecular formula is C33H58N2O10. The zero-order valence-electron chi connectivity index (χ0n) is 28.3. The minimum Gasteiger partial charge on any atom is -0.464 e. The Hall–Kier alpha value is -2.54. The second-order valence-electron chi connectivity index (χ2n) is 13.9. The standard InChI is InChI=1S/C33H58N2O10/c1-32(2,3)17-16-24(36)26(38)27(39)28(43-7)25(37)21-23(15-11-12-18-35-31(42)45-33(4,5)6)29(40)34-19-20-44-30(41)22-13-9-8-10-14-22/h16-17,22-24,26-28,36,38-39H,8-15,18-21H2,1-7H3,(H,34,40)(H,35,42)/b17-16+/t23-,24-,26+,27-,28+/m1/s1. The van der Waals surface area contributed by atoms with Gasteiger partial charge in [-0.15, -0.1) is 0 Å². The summed E-state index contributed by atoms with van der Waals surface area (Å²) in [5, 5.41) is 37.0. The number of hydrogen-bond acceptors (Lipinski definition) is 10. The quantitative estimate of drug-likeness (QED) is 0.0846. The van der Waals surface area contributed by atoms with Crippen LogP contribution in [0.1, 0.15) is 99.3 Å². The van der Waals surface area contributed by atoms with Gasteiger partial charge in [-0.3, -0.25) is 14.4 Å². The molecule has 1 rings (SSSR count). The van der Waals surface area contributed by atoms with Crippen LogP contribution in [0, 0.1) is 17.3 Å². The fraction of sp³-hybridized carbons (Fsp3) is 0.818. The maximum absolute atomic E-state index is 13.3. The Morgan fingerprint density at radius 3 is 2.11 bits per heavy atom. The molecule has 5 atom stereocenters. The fourth-order valence-electron chi connectivity index (χ4n) is 4.98. The van der Waals surface area contributed by atoms with Crippen LogP contribution in [0.5, 0.6) is 0 Å². The Kier molecular flexibility index (Phi) is 17.9. The lowest BCUT2D eigenvalue weighted by molar-refractivity contribution is -0.150. The van der Waals surface area contributed by atoms with E-state index in [1.54, 1.807) is 26.8 Å². The lowest BCUT2D eigenvalue weighted by Crippen LogP contribution is -2.49. The summed E-state index contributed by atoms with van der Waals surface area (Å²) in [5.74, 6) is -2.24. The number of Topliss-reactive ketones (excluding diaryl/α,β-unsaturated/α-hetero) is 1. The van der Waals surface area contributed by atoms with Gasteiger partial charge in [0.05, 0.1) is 12.5 Å². The highest BCUT2D eigenvalue weighted by Gasteiger charge is 2.37. The smallest absolute Gasteiger partial charge is 0.407 e. The van der Waals surface area contributed by atoms with Crippen molar-refractivity contribution in [2.45, 2.75) is 129 Å². The van der Waals surface area contributed by atoms with Crippen molar-refractivity contribution in [3.8, 4) is 0 Å². The van der Waals surface area contributed by atoms with Crippen molar-refractivity contribution in [1.82, 2.24) is 10.6 Å². The second-order valence-corrected chi connectivity index (χ2v) is 13.9. The normalized spacial score (nSPS) is 18.0. The van der Waals surface area contributed by atoms with Crippen molar-refractivity contribution in [3.05, 3.63) is 12.2 Å². The zero-order chi connectivity index (χ0) is 34.2. The van der Waals surface area contributed by atoms with Gasteiger partial charge in [0.2, 0.25) is 5.91 Å². The van der Waals surface area contributed by atoms with Crippen LogP contribution in [0.15, 0.2) is 12.2 Å². The summed E-state index contributed by atoms with van der Waals surface area (Å²) >= 11 is 0. The summed E-state index contributed by atoms with van der Waals surface area (Å²) in [6, 6.07) is 0. The molecule has 0 bridgehead atoms. The number of carbonyl (C=O) groups excluding carboxylic acids is 4. The van der Waals surface area contributed by atoms with Gasteiger partial charge in [0, 0.05) is 26.0 Å². The molecule has 0 aromatic rings. The van der Waals surface area contributed by atoms with E-state index in [2.05, 4.69) is 10.6 Å². The number of unbranched alkanes of at least 4 members (excludes halogenated alkanes) is 1. The number of aliphatic hydroxyl groups is 3. The number of allylic oxidation sites excluding steroid dienone is 1. The van der Waals surface area contributed by atoms with Gasteiger partial charge in [0.25, 0.3) is 0 Å². The highest BCUT2D eigenvalue weighted by Crippen LogP contribution is 2.25. The molecule has 5 N–H and O–H groups in total. The van der Waals surface area contributed by atoms with E-state index < -0.39 is 53.7 Å². The van der Waals surface area contributed by atoms with Crippen LogP contribution in [0.25, 0.3) is 0 Å². The first kappa shape index (κ1) is 40.5. The van der Waals surface area contributed by atoms with Gasteiger partial charge >= 0.3 is 12.1 Å². The summed E-state index contributed by atoms with van der Waals surface area (Å²) in [7, 11) is 1.20. The van der Waals surface area contributed by atoms with Gasteiger partial charge in [-0.05, 0) is 51.9 Å². The molecule has 45 heavy (non-hydrogen) atoms. The van der Waals surface area contributed by atoms with E-state index >= 15 is 0 Å². The average molecular weight is 643 g/mol. The number of ketones is 1. The SMILES string of the molecule is CO[C@@H](C(=O)C[C@@H](CCCCNC(=O)OC(C)(C)C)C(=O)NCCOC(=O)C1CCCCC1)[C@H](O)[C@@H](O)[C@H](O)/C=C/C(C)(C)C. The molecule has 1 saturated carbocycles. The molecule has 1 fully saturated rings. The maximum atomic E-state index is 13.3. The zero-order valence-corrected chi connectivity index (χ0v) is 28.3. The molecule has 1 aliphatic carbocycles. The van der Waals surface area contributed by atoms with Crippen molar-refractivity contribution in [2.75, 3.05) is 26.8 Å². The number of ether oxygens (including phenoxy) is 3. The molecule has 0 radical (unpaired) electrons. The minimum absolute atomic E-state index is 0.00707. The van der Waals surface area contributed by atoms with Crippen LogP contribution >= 0.6 is 0 Å². The third-order valence-electron chi connectivity index (χ3n) is 7.42. The summed E-state index contributed by atoms with van der Waals surface area (Å²) in [6.45, 7) is 11.4. The molecule has 260 valence electrons. The van der Waals surface area contributed by atoms with E-state index in [0.29, 0.717) is 19.4 Å². The summed E-state index contributed by atoms with van der Waals surface area (Å²) in [5.41, 5.74) is -0.910. The summed E-state index contributed by atoms with van der Waals surface area (Å²) in [4.78, 5) is 50.6. The van der Waals surface area contributed by atoms with Crippen LogP contribution in [0.2, 0.25) is 0 Å². The van der Waals surface area contributed by atoms with Crippen LogP contribution in [0.4, 0.5) is 4.79 Å². The highest BCUT2D eigenvalue weighted by molar-refractivity contribution is 5.89. The number of methoxy groups -OCH3 is 1. The highest BCUT2D eigenvalue weighted by atomic mass is 16.6. The van der Waals surface area contributed by atoms with Crippen molar-refractivity contribution in [1.29, 1.82) is 0 Å². The Morgan fingerprint density at radius 2 is 1.53 bits per heavy atom. The topological polar surface area (TPSA) is 181 Å². The number of carbonyl (C=O) groups is 4. The van der Waals surface area contributed by atoms with Crippen LogP contribution in [-0.4, -0.2) is 95.9 Å². The predicted octanol–water partition coefficient (Wildman–Crippen LogP) is 3.20. The van der Waals surface area contributed by atoms with Crippen LogP contribution < -0.4 is 10.6 Å². The fourth-order valence-corrected chi connectivity index (χ4v) is 4.98. The largest absolute Gasteiger partial charge is 0.464 e. The average Bonchev–Trinajstić information content (AvgIpc) is 2.96. The Labute approximate surface area is 268 Å². The molecule has 0 aliphatic heterocycles. The number of nitrogens with one attached hydrogen (secondary N) is 2. The molecule has 0 aromatic carbocycles. The third-order valence-corrected chi connectivity index (χ3v) is 7.42. The molecule has 1 aliphatic rings. The lowest BCUT2D eigenvalue weighted by atomic mass is 9.89. The van der Waals surface area contributed by atoms with Crippen molar-refractivity contribution in [3.63, 3.8) is 0 Å². The molecular weight excluding hydrogens is 584 g/mol. The van der Waals surface area contributed by atoms with E-state index in [4.69, 9.17) is 14.2 Å². The van der Waals surface area contributed by atoms with Crippen molar-refractivity contribution in [2.24, 2.45) is 17.3 Å². The van der Waals surface area contributed by atoms with Gasteiger partial charge in [0.15, 0.2) is 5.78 Å². The monoisotopic (exact) mass is 642 g/mol. The van der Waals surface area contributed by atoms with Crippen LogP contribution in [-0.2, 0) is 28.6 Å². The molecule has 12 heteroatoms. The number of aliphatic hydroxyl groups excluding tert-OH is 3. The van der Waals surface area contributed by atoms with E-state index in [9.17, 15) is 34.5 Å². The molecule has 12 nitrogen and oxygen atoms in total. The Morgan fingerprint density at radius 1 is 0.889 bits per heavy atom. The number of rotatable bonds is 18. The molecule has 2 amide bonds. The molecule has 0 saturated heterocycles. The van der Waals surface area contributed by atoms with Gasteiger partial charge in [0.1, 0.15) is 36.6 Å². The van der Waals surface area contributed by atoms with E-state index in [-0.39, 0.29) is 43.3 Å². The Balaban J connectivity index is 2.81. The number of alkyl carbamates (subject to hydrolysis) is 1. The second kappa shape index (κ2) is 19.9. The maximum Gasteiger partial charge on any atom is 0.407 e. The van der Waals surface area contributed by atoms with Gasteiger partial charge in [-0.2, -0.15) is 0 Å². The first-order chi connectivity index (χ1) is 20.9. The number of hydrogen-bond donors (Lipinski definition) is 5. The van der Waals surface area contributed by atoms with E-state index in [1.807, 2.05) is 20.8 Å². The van der Waals surface area contributed by atoms with Crippen molar-refractivity contribution < 1.29 is 48.7 Å². The minimum atomic E-state index is -1.75. The molecule has 0 heterocycles. The van der Waals surface area contributed by atoms with E-state index in [0.717, 1.165) is 32.1 Å². The number of amides is 2.